The van der Waals surface area contributed by atoms with Crippen LogP contribution >= 0.6 is 0 Å². The molecule has 33 heavy (non-hydrogen) atoms. The summed E-state index contributed by atoms with van der Waals surface area (Å²) in [5.41, 5.74) is -0.443. The van der Waals surface area contributed by atoms with Crippen LogP contribution in [-0.2, 0) is 21.6 Å². The molecular weight excluding hydrogens is 457 g/mol. The van der Waals surface area contributed by atoms with E-state index in [1.54, 1.807) is 32.0 Å². The summed E-state index contributed by atoms with van der Waals surface area (Å²) in [5.74, 6) is -0.103. The van der Waals surface area contributed by atoms with Crippen molar-refractivity contribution < 1.29 is 31.1 Å². The van der Waals surface area contributed by atoms with Gasteiger partial charge in [0.25, 0.3) is 0 Å². The minimum absolute atomic E-state index is 0.103. The van der Waals surface area contributed by atoms with Gasteiger partial charge in [-0.25, -0.2) is 8.42 Å². The standard InChI is InChI=1S/C23H19F3N2O4S/c1-22(2,29)20-10-13(6-8-28-20)15-7-9-27-18-12-19(32-21(15)18)16-5-4-14(33(3,30)31)11-17(16)23(24,25)26/h4-12,29H,1-3H3. The number of hydrogen-bond donors (Lipinski definition) is 1. The first-order valence-corrected chi connectivity index (χ1v) is 11.6. The number of benzene rings is 1. The van der Waals surface area contributed by atoms with Crippen LogP contribution in [0.1, 0.15) is 25.1 Å². The lowest BCUT2D eigenvalue weighted by Gasteiger charge is -2.17. The highest BCUT2D eigenvalue weighted by atomic mass is 32.2. The van der Waals surface area contributed by atoms with Crippen LogP contribution in [0.25, 0.3) is 33.6 Å². The number of furan rings is 1. The molecule has 1 aromatic carbocycles. The average molecular weight is 476 g/mol. The zero-order chi connectivity index (χ0) is 24.2. The Kier molecular flexibility index (Phi) is 5.33. The fourth-order valence-corrected chi connectivity index (χ4v) is 4.08. The largest absolute Gasteiger partial charge is 0.454 e. The third-order valence-corrected chi connectivity index (χ3v) is 6.21. The summed E-state index contributed by atoms with van der Waals surface area (Å²) in [6.45, 7) is 3.18. The number of alkyl halides is 3. The van der Waals surface area contributed by atoms with Gasteiger partial charge in [-0.3, -0.25) is 9.97 Å². The van der Waals surface area contributed by atoms with Crippen molar-refractivity contribution in [1.29, 1.82) is 0 Å². The maximum Gasteiger partial charge on any atom is 0.417 e. The van der Waals surface area contributed by atoms with Gasteiger partial charge in [-0.1, -0.05) is 0 Å². The lowest BCUT2D eigenvalue weighted by atomic mass is 10.00. The summed E-state index contributed by atoms with van der Waals surface area (Å²) >= 11 is 0. The average Bonchev–Trinajstić information content (AvgIpc) is 3.16. The third kappa shape index (κ3) is 4.49. The number of hydrogen-bond acceptors (Lipinski definition) is 6. The number of sulfone groups is 1. The van der Waals surface area contributed by atoms with Crippen molar-refractivity contribution >= 4 is 20.9 Å². The van der Waals surface area contributed by atoms with Gasteiger partial charge in [0.1, 0.15) is 16.9 Å². The van der Waals surface area contributed by atoms with Crippen LogP contribution < -0.4 is 0 Å². The second-order valence-corrected chi connectivity index (χ2v) is 10.2. The highest BCUT2D eigenvalue weighted by Gasteiger charge is 2.36. The van der Waals surface area contributed by atoms with Gasteiger partial charge < -0.3 is 9.52 Å². The van der Waals surface area contributed by atoms with Crippen LogP contribution in [0.3, 0.4) is 0 Å². The Morgan fingerprint density at radius 3 is 2.27 bits per heavy atom. The summed E-state index contributed by atoms with van der Waals surface area (Å²) in [6.07, 6.45) is -0.947. The van der Waals surface area contributed by atoms with E-state index in [0.717, 1.165) is 18.4 Å². The Bertz CT molecular complexity index is 1470. The number of fused-ring (bicyclic) bond motifs is 1. The normalized spacial score (nSPS) is 12.9. The topological polar surface area (TPSA) is 93.3 Å². The molecule has 4 rings (SSSR count). The number of rotatable bonds is 4. The Balaban J connectivity index is 1.91. The molecule has 1 N–H and O–H groups in total. The van der Waals surface area contributed by atoms with E-state index < -0.39 is 32.1 Å². The predicted molar refractivity (Wildman–Crippen MR) is 116 cm³/mol. The maximum absolute atomic E-state index is 13.8. The van der Waals surface area contributed by atoms with E-state index in [2.05, 4.69) is 9.97 Å². The molecule has 0 unspecified atom stereocenters. The van der Waals surface area contributed by atoms with Crippen LogP contribution in [0.2, 0.25) is 0 Å². The summed E-state index contributed by atoms with van der Waals surface area (Å²) in [4.78, 5) is 7.92. The molecule has 0 spiro atoms. The molecule has 0 radical (unpaired) electrons. The summed E-state index contributed by atoms with van der Waals surface area (Å²) in [7, 11) is -3.84. The lowest BCUT2D eigenvalue weighted by molar-refractivity contribution is -0.137. The maximum atomic E-state index is 13.8. The molecule has 10 heteroatoms. The van der Waals surface area contributed by atoms with Gasteiger partial charge in [-0.05, 0) is 55.8 Å². The smallest absolute Gasteiger partial charge is 0.417 e. The number of aliphatic hydroxyl groups is 1. The van der Waals surface area contributed by atoms with Gasteiger partial charge in [0.05, 0.1) is 16.2 Å². The molecule has 0 bridgehead atoms. The Hall–Kier alpha value is -3.24. The lowest BCUT2D eigenvalue weighted by Crippen LogP contribution is -2.17. The van der Waals surface area contributed by atoms with Gasteiger partial charge in [-0.15, -0.1) is 0 Å². The van der Waals surface area contributed by atoms with Crippen LogP contribution in [0.5, 0.6) is 0 Å². The van der Waals surface area contributed by atoms with E-state index in [4.69, 9.17) is 4.42 Å². The molecule has 3 aromatic heterocycles. The predicted octanol–water partition coefficient (Wildman–Crippen LogP) is 5.21. The first-order valence-electron chi connectivity index (χ1n) is 9.74. The van der Waals surface area contributed by atoms with Crippen molar-refractivity contribution in [1.82, 2.24) is 9.97 Å². The summed E-state index contributed by atoms with van der Waals surface area (Å²) in [6, 6.07) is 9.17. The van der Waals surface area contributed by atoms with Crippen LogP contribution in [0.4, 0.5) is 13.2 Å². The van der Waals surface area contributed by atoms with Crippen molar-refractivity contribution in [3.63, 3.8) is 0 Å². The van der Waals surface area contributed by atoms with Gasteiger partial charge in [0.15, 0.2) is 15.4 Å². The molecule has 0 aliphatic rings. The Morgan fingerprint density at radius 1 is 0.939 bits per heavy atom. The Morgan fingerprint density at radius 2 is 1.64 bits per heavy atom. The second-order valence-electron chi connectivity index (χ2n) is 8.15. The van der Waals surface area contributed by atoms with Gasteiger partial charge in [0, 0.05) is 35.8 Å². The quantitative estimate of drug-likeness (QED) is 0.435. The fraction of sp³-hybridized carbons (Fsp3) is 0.217. The molecule has 0 aliphatic heterocycles. The van der Waals surface area contributed by atoms with E-state index >= 15 is 0 Å². The SMILES string of the molecule is CC(C)(O)c1cc(-c2ccnc3cc(-c4ccc(S(C)(=O)=O)cc4C(F)(F)F)oc23)ccn1. The number of pyridine rings is 2. The number of halogens is 3. The zero-order valence-corrected chi connectivity index (χ0v) is 18.6. The molecule has 0 saturated heterocycles. The first-order chi connectivity index (χ1) is 15.2. The minimum Gasteiger partial charge on any atom is -0.454 e. The Labute approximate surface area is 187 Å². The third-order valence-electron chi connectivity index (χ3n) is 5.10. The van der Waals surface area contributed by atoms with Crippen LogP contribution in [0.15, 0.2) is 64.2 Å². The van der Waals surface area contributed by atoms with Gasteiger partial charge >= 0.3 is 6.18 Å². The molecule has 3 heterocycles. The fourth-order valence-electron chi connectivity index (χ4n) is 3.43. The highest BCUT2D eigenvalue weighted by molar-refractivity contribution is 7.90. The van der Waals surface area contributed by atoms with Crippen molar-refractivity contribution in [2.45, 2.75) is 30.5 Å². The minimum atomic E-state index is -4.81. The van der Waals surface area contributed by atoms with Gasteiger partial charge in [-0.2, -0.15) is 13.2 Å². The van der Waals surface area contributed by atoms with E-state index in [1.807, 2.05) is 0 Å². The molecule has 4 aromatic rings. The number of nitrogens with zero attached hydrogens (tertiary/aromatic N) is 2. The molecule has 0 atom stereocenters. The van der Waals surface area contributed by atoms with Crippen LogP contribution in [-0.4, -0.2) is 29.7 Å². The number of aromatic nitrogens is 2. The van der Waals surface area contributed by atoms with E-state index in [1.165, 1.54) is 18.5 Å². The van der Waals surface area contributed by atoms with Crippen molar-refractivity contribution in [3.05, 3.63) is 66.1 Å². The molecule has 0 saturated carbocycles. The highest BCUT2D eigenvalue weighted by Crippen LogP contribution is 2.41. The van der Waals surface area contributed by atoms with Crippen LogP contribution in [0, 0.1) is 0 Å². The molecular formula is C23H19F3N2O4S. The molecule has 6 nitrogen and oxygen atoms in total. The van der Waals surface area contributed by atoms with E-state index in [9.17, 15) is 26.7 Å². The second kappa shape index (κ2) is 7.67. The van der Waals surface area contributed by atoms with Crippen molar-refractivity contribution in [2.75, 3.05) is 6.26 Å². The monoisotopic (exact) mass is 476 g/mol. The van der Waals surface area contributed by atoms with E-state index in [0.29, 0.717) is 28.4 Å². The molecule has 0 aliphatic carbocycles. The summed E-state index contributed by atoms with van der Waals surface area (Å²) < 4.78 is 70.7. The summed E-state index contributed by atoms with van der Waals surface area (Å²) in [5, 5.41) is 10.3. The zero-order valence-electron chi connectivity index (χ0n) is 17.8. The first kappa shape index (κ1) is 22.9. The molecule has 172 valence electrons. The molecule has 0 fully saturated rings. The van der Waals surface area contributed by atoms with Crippen molar-refractivity contribution in [3.8, 4) is 22.5 Å². The molecule has 0 amide bonds. The van der Waals surface area contributed by atoms with E-state index in [-0.39, 0.29) is 16.9 Å². The van der Waals surface area contributed by atoms with Gasteiger partial charge in [0.2, 0.25) is 0 Å². The van der Waals surface area contributed by atoms with Crippen molar-refractivity contribution in [2.24, 2.45) is 0 Å².